The zero-order valence-electron chi connectivity index (χ0n) is 13.5. The van der Waals surface area contributed by atoms with Crippen molar-refractivity contribution in [3.8, 4) is 5.75 Å². The average Bonchev–Trinajstić information content (AvgIpc) is 2.55. The molecule has 0 saturated carbocycles. The lowest BCUT2D eigenvalue weighted by Crippen LogP contribution is -2.19. The van der Waals surface area contributed by atoms with E-state index in [4.69, 9.17) is 27.9 Å². The van der Waals surface area contributed by atoms with Crippen LogP contribution in [0.4, 0.5) is 0 Å². The molecule has 0 spiro atoms. The van der Waals surface area contributed by atoms with Crippen molar-refractivity contribution >= 4 is 39.1 Å². The second kappa shape index (κ2) is 10.3. The molecular weight excluding hydrogens is 411 g/mol. The highest BCUT2D eigenvalue weighted by Gasteiger charge is 2.07. The molecule has 0 fully saturated rings. The SMILES string of the molecule is CNCCCNCc1cc(Br)ccc1OCc1ccc(Cl)cc1Cl. The summed E-state index contributed by atoms with van der Waals surface area (Å²) in [4.78, 5) is 0. The van der Waals surface area contributed by atoms with Crippen molar-refractivity contribution < 1.29 is 4.74 Å². The maximum atomic E-state index is 6.20. The smallest absolute Gasteiger partial charge is 0.124 e. The first kappa shape index (κ1) is 19.5. The highest BCUT2D eigenvalue weighted by atomic mass is 79.9. The summed E-state index contributed by atoms with van der Waals surface area (Å²) >= 11 is 15.6. The topological polar surface area (TPSA) is 33.3 Å². The van der Waals surface area contributed by atoms with E-state index >= 15 is 0 Å². The van der Waals surface area contributed by atoms with Crippen molar-refractivity contribution in [1.82, 2.24) is 10.6 Å². The predicted molar refractivity (Wildman–Crippen MR) is 105 cm³/mol. The van der Waals surface area contributed by atoms with Crippen LogP contribution < -0.4 is 15.4 Å². The Labute approximate surface area is 161 Å². The van der Waals surface area contributed by atoms with Crippen molar-refractivity contribution in [2.45, 2.75) is 19.6 Å². The molecule has 130 valence electrons. The molecule has 0 radical (unpaired) electrons. The van der Waals surface area contributed by atoms with Gasteiger partial charge in [-0.05, 0) is 56.9 Å². The molecule has 2 rings (SSSR count). The summed E-state index contributed by atoms with van der Waals surface area (Å²) in [5.41, 5.74) is 2.02. The number of benzene rings is 2. The molecule has 0 bridgehead atoms. The molecule has 2 aromatic carbocycles. The van der Waals surface area contributed by atoms with Gasteiger partial charge in [-0.3, -0.25) is 0 Å². The minimum absolute atomic E-state index is 0.407. The summed E-state index contributed by atoms with van der Waals surface area (Å²) in [6, 6.07) is 11.5. The first-order valence-electron chi connectivity index (χ1n) is 7.80. The zero-order valence-corrected chi connectivity index (χ0v) is 16.6. The third-order valence-corrected chi connectivity index (χ3v) is 4.60. The van der Waals surface area contributed by atoms with Crippen molar-refractivity contribution in [3.63, 3.8) is 0 Å². The zero-order chi connectivity index (χ0) is 17.4. The molecule has 0 aliphatic rings. The van der Waals surface area contributed by atoms with Gasteiger partial charge >= 0.3 is 0 Å². The van der Waals surface area contributed by atoms with Crippen LogP contribution in [0.25, 0.3) is 0 Å². The minimum atomic E-state index is 0.407. The van der Waals surface area contributed by atoms with Crippen LogP contribution in [0.5, 0.6) is 5.75 Å². The number of rotatable bonds is 9. The Bertz CT molecular complexity index is 667. The number of hydrogen-bond donors (Lipinski definition) is 2. The molecule has 0 unspecified atom stereocenters. The summed E-state index contributed by atoms with van der Waals surface area (Å²) in [6.45, 7) is 3.12. The standard InChI is InChI=1S/C18H21BrCl2N2O/c1-22-7-2-8-23-11-14-9-15(19)4-6-18(14)24-12-13-3-5-16(20)10-17(13)21/h3-6,9-10,22-23H,2,7-8,11-12H2,1H3. The molecule has 24 heavy (non-hydrogen) atoms. The summed E-state index contributed by atoms with van der Waals surface area (Å²) < 4.78 is 7.01. The molecule has 2 N–H and O–H groups in total. The lowest BCUT2D eigenvalue weighted by molar-refractivity contribution is 0.302. The van der Waals surface area contributed by atoms with Gasteiger partial charge in [-0.2, -0.15) is 0 Å². The van der Waals surface area contributed by atoms with Crippen LogP contribution in [0.1, 0.15) is 17.5 Å². The Morgan fingerprint density at radius 2 is 1.88 bits per heavy atom. The van der Waals surface area contributed by atoms with Crippen LogP contribution in [0.3, 0.4) is 0 Å². The van der Waals surface area contributed by atoms with Gasteiger partial charge in [-0.1, -0.05) is 45.2 Å². The van der Waals surface area contributed by atoms with E-state index in [1.165, 1.54) is 0 Å². The summed E-state index contributed by atoms with van der Waals surface area (Å²) in [6.07, 6.45) is 1.08. The van der Waals surface area contributed by atoms with E-state index in [0.29, 0.717) is 16.7 Å². The highest BCUT2D eigenvalue weighted by Crippen LogP contribution is 2.26. The normalized spacial score (nSPS) is 10.8. The third-order valence-electron chi connectivity index (χ3n) is 3.52. The molecule has 0 atom stereocenters. The van der Waals surface area contributed by atoms with Gasteiger partial charge < -0.3 is 15.4 Å². The van der Waals surface area contributed by atoms with E-state index in [1.807, 2.05) is 31.3 Å². The van der Waals surface area contributed by atoms with E-state index in [0.717, 1.165) is 47.4 Å². The van der Waals surface area contributed by atoms with Crippen LogP contribution in [0.2, 0.25) is 10.0 Å². The fourth-order valence-electron chi connectivity index (χ4n) is 2.23. The Morgan fingerprint density at radius 3 is 2.62 bits per heavy atom. The van der Waals surface area contributed by atoms with Crippen LogP contribution in [-0.2, 0) is 13.2 Å². The Balaban J connectivity index is 1.98. The number of hydrogen-bond acceptors (Lipinski definition) is 3. The molecule has 6 heteroatoms. The maximum absolute atomic E-state index is 6.20. The molecular formula is C18H21BrCl2N2O. The second-order valence-electron chi connectivity index (χ2n) is 5.41. The largest absolute Gasteiger partial charge is 0.489 e. The minimum Gasteiger partial charge on any atom is -0.489 e. The van der Waals surface area contributed by atoms with E-state index in [2.05, 4.69) is 32.6 Å². The third kappa shape index (κ3) is 6.26. The van der Waals surface area contributed by atoms with Gasteiger partial charge in [0.25, 0.3) is 0 Å². The lowest BCUT2D eigenvalue weighted by atomic mass is 10.2. The molecule has 0 aliphatic carbocycles. The second-order valence-corrected chi connectivity index (χ2v) is 7.17. The predicted octanol–water partition coefficient (Wildman–Crippen LogP) is 5.03. The summed E-state index contributed by atoms with van der Waals surface area (Å²) in [5.74, 6) is 0.852. The molecule has 2 aromatic rings. The van der Waals surface area contributed by atoms with E-state index in [1.54, 1.807) is 6.07 Å². The fourth-order valence-corrected chi connectivity index (χ4v) is 3.11. The molecule has 0 saturated heterocycles. The van der Waals surface area contributed by atoms with Gasteiger partial charge in [0, 0.05) is 32.2 Å². The molecule has 0 aliphatic heterocycles. The van der Waals surface area contributed by atoms with Gasteiger partial charge in [0.05, 0.1) is 0 Å². The van der Waals surface area contributed by atoms with E-state index in [-0.39, 0.29) is 0 Å². The van der Waals surface area contributed by atoms with Crippen LogP contribution in [0.15, 0.2) is 40.9 Å². The number of halogens is 3. The average molecular weight is 432 g/mol. The first-order chi connectivity index (χ1) is 11.6. The number of nitrogens with one attached hydrogen (secondary N) is 2. The van der Waals surface area contributed by atoms with Crippen molar-refractivity contribution in [2.24, 2.45) is 0 Å². The Morgan fingerprint density at radius 1 is 1.04 bits per heavy atom. The Hall–Kier alpha value is -0.780. The van der Waals surface area contributed by atoms with E-state index < -0.39 is 0 Å². The lowest BCUT2D eigenvalue weighted by Gasteiger charge is -2.14. The summed E-state index contributed by atoms with van der Waals surface area (Å²) in [7, 11) is 1.96. The van der Waals surface area contributed by atoms with Gasteiger partial charge in [-0.15, -0.1) is 0 Å². The van der Waals surface area contributed by atoms with Crippen molar-refractivity contribution in [1.29, 1.82) is 0 Å². The molecule has 0 heterocycles. The van der Waals surface area contributed by atoms with Gasteiger partial charge in [-0.25, -0.2) is 0 Å². The maximum Gasteiger partial charge on any atom is 0.124 e. The molecule has 0 amide bonds. The van der Waals surface area contributed by atoms with Crippen LogP contribution in [0, 0.1) is 0 Å². The van der Waals surface area contributed by atoms with Crippen LogP contribution >= 0.6 is 39.1 Å². The van der Waals surface area contributed by atoms with E-state index in [9.17, 15) is 0 Å². The van der Waals surface area contributed by atoms with Crippen LogP contribution in [-0.4, -0.2) is 20.1 Å². The first-order valence-corrected chi connectivity index (χ1v) is 9.35. The summed E-state index contributed by atoms with van der Waals surface area (Å²) in [5, 5.41) is 7.82. The number of ether oxygens (including phenoxy) is 1. The molecule has 3 nitrogen and oxygen atoms in total. The van der Waals surface area contributed by atoms with Gasteiger partial charge in [0.1, 0.15) is 12.4 Å². The molecule has 0 aromatic heterocycles. The van der Waals surface area contributed by atoms with Crippen molar-refractivity contribution in [3.05, 3.63) is 62.0 Å². The highest BCUT2D eigenvalue weighted by molar-refractivity contribution is 9.10. The monoisotopic (exact) mass is 430 g/mol. The fraction of sp³-hybridized carbons (Fsp3) is 0.333. The van der Waals surface area contributed by atoms with Gasteiger partial charge in [0.15, 0.2) is 0 Å². The quantitative estimate of drug-likeness (QED) is 0.546. The Kier molecular flexibility index (Phi) is 8.36. The van der Waals surface area contributed by atoms with Gasteiger partial charge in [0.2, 0.25) is 0 Å². The van der Waals surface area contributed by atoms with Crippen molar-refractivity contribution in [2.75, 3.05) is 20.1 Å².